The Balaban J connectivity index is 2.15. The molecule has 0 amide bonds. The molecule has 0 aliphatic carbocycles. The first-order valence-corrected chi connectivity index (χ1v) is 4.85. The average molecular weight is 172 g/mol. The van der Waals surface area contributed by atoms with E-state index in [2.05, 4.69) is 0 Å². The number of allylic oxidation sites excluding steroid dienone is 1. The Morgan fingerprint density at radius 3 is 3.09 bits per heavy atom. The summed E-state index contributed by atoms with van der Waals surface area (Å²) < 4.78 is 0. The summed E-state index contributed by atoms with van der Waals surface area (Å²) in [4.78, 5) is 10.1. The van der Waals surface area contributed by atoms with Crippen LogP contribution in [0, 0.1) is 0 Å². The molecule has 0 aromatic carbocycles. The highest BCUT2D eigenvalue weighted by Gasteiger charge is 2.13. The second kappa shape index (κ2) is 4.44. The van der Waals surface area contributed by atoms with Crippen LogP contribution >= 0.6 is 11.8 Å². The highest BCUT2D eigenvalue weighted by Crippen LogP contribution is 2.28. The molecule has 0 aromatic rings. The molecule has 1 aliphatic heterocycles. The van der Waals surface area contributed by atoms with Crippen molar-refractivity contribution in [2.45, 2.75) is 24.5 Å². The van der Waals surface area contributed by atoms with Crippen molar-refractivity contribution in [3.8, 4) is 0 Å². The van der Waals surface area contributed by atoms with Crippen LogP contribution in [0.25, 0.3) is 0 Å². The predicted octanol–water partition coefficient (Wildman–Crippen LogP) is 1.91. The van der Waals surface area contributed by atoms with E-state index >= 15 is 0 Å². The molecule has 1 rings (SSSR count). The van der Waals surface area contributed by atoms with E-state index in [4.69, 9.17) is 5.11 Å². The van der Waals surface area contributed by atoms with E-state index < -0.39 is 5.97 Å². The minimum atomic E-state index is -0.840. The van der Waals surface area contributed by atoms with Gasteiger partial charge in [0.2, 0.25) is 0 Å². The van der Waals surface area contributed by atoms with E-state index in [0.29, 0.717) is 5.25 Å². The molecule has 0 radical (unpaired) electrons. The summed E-state index contributed by atoms with van der Waals surface area (Å²) in [6.07, 6.45) is 6.44. The fraction of sp³-hybridized carbons (Fsp3) is 0.625. The van der Waals surface area contributed by atoms with E-state index in [-0.39, 0.29) is 0 Å². The van der Waals surface area contributed by atoms with Gasteiger partial charge < -0.3 is 5.11 Å². The highest BCUT2D eigenvalue weighted by atomic mass is 32.2. The van der Waals surface area contributed by atoms with Crippen LogP contribution in [0.4, 0.5) is 0 Å². The molecule has 1 aliphatic rings. The third-order valence-electron chi connectivity index (χ3n) is 1.68. The Hall–Kier alpha value is -0.440. The first-order valence-electron chi connectivity index (χ1n) is 3.80. The summed E-state index contributed by atoms with van der Waals surface area (Å²) in [5.74, 6) is 0.402. The smallest absolute Gasteiger partial charge is 0.327 e. The number of carbonyl (C=O) groups is 1. The number of hydrogen-bond acceptors (Lipinski definition) is 2. The normalized spacial score (nSPS) is 24.5. The summed E-state index contributed by atoms with van der Waals surface area (Å²) in [5.41, 5.74) is 0. The first-order chi connectivity index (χ1) is 5.29. The van der Waals surface area contributed by atoms with E-state index in [0.717, 1.165) is 6.42 Å². The molecule has 1 N–H and O–H groups in total. The van der Waals surface area contributed by atoms with Crippen molar-refractivity contribution in [2.75, 3.05) is 5.75 Å². The van der Waals surface area contributed by atoms with Crippen LogP contribution in [0.5, 0.6) is 0 Å². The van der Waals surface area contributed by atoms with Crippen molar-refractivity contribution in [3.63, 3.8) is 0 Å². The van der Waals surface area contributed by atoms with Gasteiger partial charge in [0.1, 0.15) is 0 Å². The zero-order valence-electron chi connectivity index (χ0n) is 6.32. The minimum Gasteiger partial charge on any atom is -0.478 e. The number of carboxylic acid groups (broad SMARTS) is 1. The molecular formula is C8H12O2S. The van der Waals surface area contributed by atoms with Crippen LogP contribution in [-0.4, -0.2) is 22.1 Å². The van der Waals surface area contributed by atoms with Gasteiger partial charge in [0.05, 0.1) is 0 Å². The lowest BCUT2D eigenvalue weighted by Gasteiger charge is -2.01. The van der Waals surface area contributed by atoms with Crippen LogP contribution < -0.4 is 0 Å². The maximum absolute atomic E-state index is 10.1. The third kappa shape index (κ3) is 3.46. The van der Waals surface area contributed by atoms with Gasteiger partial charge >= 0.3 is 5.97 Å². The molecule has 62 valence electrons. The third-order valence-corrected chi connectivity index (χ3v) is 3.11. The Kier molecular flexibility index (Phi) is 3.49. The Morgan fingerprint density at radius 2 is 2.55 bits per heavy atom. The maximum Gasteiger partial charge on any atom is 0.327 e. The summed E-state index contributed by atoms with van der Waals surface area (Å²) >= 11 is 1.95. The lowest BCUT2D eigenvalue weighted by Crippen LogP contribution is -1.94. The van der Waals surface area contributed by atoms with Gasteiger partial charge in [0.15, 0.2) is 0 Å². The van der Waals surface area contributed by atoms with Crippen molar-refractivity contribution in [1.29, 1.82) is 0 Å². The lowest BCUT2D eigenvalue weighted by molar-refractivity contribution is -0.131. The first kappa shape index (κ1) is 8.65. The van der Waals surface area contributed by atoms with Gasteiger partial charge in [0, 0.05) is 11.3 Å². The van der Waals surface area contributed by atoms with Crippen molar-refractivity contribution in [2.24, 2.45) is 0 Å². The van der Waals surface area contributed by atoms with Crippen molar-refractivity contribution >= 4 is 17.7 Å². The number of thioether (sulfide) groups is 1. The van der Waals surface area contributed by atoms with Gasteiger partial charge in [-0.05, 0) is 25.0 Å². The van der Waals surface area contributed by atoms with Crippen LogP contribution in [0.3, 0.4) is 0 Å². The standard InChI is InChI=1S/C8H12O2S/c9-8(10)5-1-3-7-4-2-6-11-7/h1,5,7H,2-4,6H2,(H,9,10)/b5-1-. The second-order valence-corrected chi connectivity index (χ2v) is 4.02. The summed E-state index contributed by atoms with van der Waals surface area (Å²) in [7, 11) is 0. The molecule has 0 bridgehead atoms. The molecule has 1 atom stereocenters. The van der Waals surface area contributed by atoms with Crippen LogP contribution in [0.2, 0.25) is 0 Å². The molecule has 1 fully saturated rings. The number of rotatable bonds is 3. The summed E-state index contributed by atoms with van der Waals surface area (Å²) in [5, 5.41) is 8.97. The van der Waals surface area contributed by atoms with Crippen molar-refractivity contribution in [3.05, 3.63) is 12.2 Å². The number of aliphatic carboxylic acids is 1. The molecule has 1 saturated heterocycles. The molecule has 1 unspecified atom stereocenters. The van der Waals surface area contributed by atoms with Gasteiger partial charge in [-0.1, -0.05) is 6.08 Å². The number of hydrogen-bond donors (Lipinski definition) is 1. The summed E-state index contributed by atoms with van der Waals surface area (Å²) in [6, 6.07) is 0. The molecule has 11 heavy (non-hydrogen) atoms. The molecule has 2 nitrogen and oxygen atoms in total. The zero-order chi connectivity index (χ0) is 8.10. The molecule has 3 heteroatoms. The monoisotopic (exact) mass is 172 g/mol. The van der Waals surface area contributed by atoms with Crippen LogP contribution in [0.1, 0.15) is 19.3 Å². The average Bonchev–Trinajstić information content (AvgIpc) is 2.39. The topological polar surface area (TPSA) is 37.3 Å². The van der Waals surface area contributed by atoms with Crippen molar-refractivity contribution in [1.82, 2.24) is 0 Å². The van der Waals surface area contributed by atoms with E-state index in [9.17, 15) is 4.79 Å². The van der Waals surface area contributed by atoms with E-state index in [1.54, 1.807) is 6.08 Å². The second-order valence-electron chi connectivity index (χ2n) is 2.61. The van der Waals surface area contributed by atoms with Crippen LogP contribution in [0.15, 0.2) is 12.2 Å². The largest absolute Gasteiger partial charge is 0.478 e. The van der Waals surface area contributed by atoms with Gasteiger partial charge in [-0.25, -0.2) is 4.79 Å². The Bertz CT molecular complexity index is 159. The molecule has 0 aromatic heterocycles. The maximum atomic E-state index is 10.1. The highest BCUT2D eigenvalue weighted by molar-refractivity contribution is 8.00. The van der Waals surface area contributed by atoms with Gasteiger partial charge in [0.25, 0.3) is 0 Å². The molecule has 0 saturated carbocycles. The zero-order valence-corrected chi connectivity index (χ0v) is 7.14. The van der Waals surface area contributed by atoms with E-state index in [1.165, 1.54) is 24.7 Å². The van der Waals surface area contributed by atoms with Gasteiger partial charge in [-0.2, -0.15) is 11.8 Å². The summed E-state index contributed by atoms with van der Waals surface area (Å²) in [6.45, 7) is 0. The fourth-order valence-electron chi connectivity index (χ4n) is 1.15. The molecule has 1 heterocycles. The lowest BCUT2D eigenvalue weighted by atomic mass is 10.2. The minimum absolute atomic E-state index is 0.672. The molecular weight excluding hydrogens is 160 g/mol. The van der Waals surface area contributed by atoms with Crippen LogP contribution in [-0.2, 0) is 4.79 Å². The number of carboxylic acids is 1. The van der Waals surface area contributed by atoms with Crippen molar-refractivity contribution < 1.29 is 9.90 Å². The van der Waals surface area contributed by atoms with Gasteiger partial charge in [-0.3, -0.25) is 0 Å². The SMILES string of the molecule is O=C(O)/C=C\CC1CCCS1. The molecule has 0 spiro atoms. The quantitative estimate of drug-likeness (QED) is 0.661. The Morgan fingerprint density at radius 1 is 1.73 bits per heavy atom. The van der Waals surface area contributed by atoms with Gasteiger partial charge in [-0.15, -0.1) is 0 Å². The van der Waals surface area contributed by atoms with E-state index in [1.807, 2.05) is 11.8 Å². The predicted molar refractivity (Wildman–Crippen MR) is 46.9 cm³/mol. The Labute approximate surface area is 70.7 Å². The fourth-order valence-corrected chi connectivity index (χ4v) is 2.40.